The minimum Gasteiger partial charge on any atom is -0.396 e. The molecule has 0 spiro atoms. The van der Waals surface area contributed by atoms with Crippen molar-refractivity contribution in [3.8, 4) is 0 Å². The molecule has 0 aliphatic rings. The van der Waals surface area contributed by atoms with Crippen molar-refractivity contribution in [1.82, 2.24) is 5.32 Å². The van der Waals surface area contributed by atoms with Crippen molar-refractivity contribution in [1.29, 1.82) is 0 Å². The lowest BCUT2D eigenvalue weighted by molar-refractivity contribution is 0.0935. The molecule has 1 unspecified atom stereocenters. The number of aliphatic hydroxyl groups is 1. The largest absolute Gasteiger partial charge is 0.396 e. The van der Waals surface area contributed by atoms with Crippen LogP contribution < -0.4 is 5.32 Å². The van der Waals surface area contributed by atoms with Crippen LogP contribution in [0, 0.1) is 0 Å². The molecule has 2 aromatic rings. The summed E-state index contributed by atoms with van der Waals surface area (Å²) in [6.45, 7) is 1.48. The fourth-order valence-electron chi connectivity index (χ4n) is 1.77. The van der Waals surface area contributed by atoms with Crippen LogP contribution in [0.3, 0.4) is 0 Å². The highest BCUT2D eigenvalue weighted by Crippen LogP contribution is 2.23. The Labute approximate surface area is 125 Å². The predicted octanol–water partition coefficient (Wildman–Crippen LogP) is 2.87. The second kappa shape index (κ2) is 6.78. The van der Waals surface area contributed by atoms with Gasteiger partial charge in [-0.2, -0.15) is 0 Å². The first-order chi connectivity index (χ1) is 9.61. The summed E-state index contributed by atoms with van der Waals surface area (Å²) in [5.41, 5.74) is 0.551. The van der Waals surface area contributed by atoms with Gasteiger partial charge < -0.3 is 10.4 Å². The van der Waals surface area contributed by atoms with Crippen LogP contribution in [0.5, 0.6) is 0 Å². The molecule has 20 heavy (non-hydrogen) atoms. The molecule has 0 saturated carbocycles. The van der Waals surface area contributed by atoms with Crippen LogP contribution in [0.1, 0.15) is 44.3 Å². The number of rotatable bonds is 6. The molecule has 0 radical (unpaired) electrons. The van der Waals surface area contributed by atoms with Crippen LogP contribution >= 0.6 is 22.7 Å². The van der Waals surface area contributed by atoms with E-state index in [0.29, 0.717) is 16.9 Å². The zero-order chi connectivity index (χ0) is 14.5. The minimum atomic E-state index is -0.214. The summed E-state index contributed by atoms with van der Waals surface area (Å²) in [7, 11) is 0. The summed E-state index contributed by atoms with van der Waals surface area (Å²) >= 11 is 2.79. The molecule has 4 nitrogen and oxygen atoms in total. The van der Waals surface area contributed by atoms with E-state index in [0.717, 1.165) is 4.88 Å². The van der Waals surface area contributed by atoms with Crippen molar-refractivity contribution >= 4 is 34.4 Å². The van der Waals surface area contributed by atoms with Crippen molar-refractivity contribution in [2.45, 2.75) is 19.4 Å². The number of hydrogen-bond acceptors (Lipinski definition) is 5. The highest BCUT2D eigenvalue weighted by Gasteiger charge is 2.18. The fourth-order valence-corrected chi connectivity index (χ4v) is 3.43. The second-order valence-electron chi connectivity index (χ2n) is 4.31. The third-order valence-electron chi connectivity index (χ3n) is 2.84. The molecule has 2 aromatic heterocycles. The van der Waals surface area contributed by atoms with Gasteiger partial charge >= 0.3 is 0 Å². The third-order valence-corrected chi connectivity index (χ3v) is 4.75. The van der Waals surface area contributed by atoms with E-state index in [1.807, 2.05) is 17.5 Å². The molecule has 0 aromatic carbocycles. The maximum atomic E-state index is 12.2. The quantitative estimate of drug-likeness (QED) is 0.806. The zero-order valence-electron chi connectivity index (χ0n) is 11.0. The standard InChI is InChI=1S/C14H15NO3S2/c1-9(17)10-7-13(20-8-10)14(18)15-11(4-5-16)12-3-2-6-19-12/h2-3,6-8,11,16H,4-5H2,1H3,(H,15,18). The highest BCUT2D eigenvalue weighted by molar-refractivity contribution is 7.12. The Bertz CT molecular complexity index is 589. The van der Waals surface area contributed by atoms with E-state index in [2.05, 4.69) is 5.32 Å². The maximum Gasteiger partial charge on any atom is 0.261 e. The molecule has 2 heterocycles. The van der Waals surface area contributed by atoms with Gasteiger partial charge in [0.1, 0.15) is 0 Å². The molecule has 2 rings (SSSR count). The maximum absolute atomic E-state index is 12.2. The minimum absolute atomic E-state index is 0.00594. The van der Waals surface area contributed by atoms with Crippen molar-refractivity contribution in [2.24, 2.45) is 0 Å². The molecule has 1 atom stereocenters. The Morgan fingerprint density at radius 1 is 1.40 bits per heavy atom. The van der Waals surface area contributed by atoms with E-state index in [1.165, 1.54) is 18.3 Å². The zero-order valence-corrected chi connectivity index (χ0v) is 12.6. The van der Waals surface area contributed by atoms with Gasteiger partial charge in [0.2, 0.25) is 0 Å². The van der Waals surface area contributed by atoms with E-state index in [4.69, 9.17) is 5.11 Å². The van der Waals surface area contributed by atoms with Gasteiger partial charge in [-0.15, -0.1) is 22.7 Å². The fraction of sp³-hybridized carbons (Fsp3) is 0.286. The first-order valence-corrected chi connectivity index (χ1v) is 7.92. The van der Waals surface area contributed by atoms with E-state index in [1.54, 1.807) is 22.8 Å². The third kappa shape index (κ3) is 3.53. The molecule has 0 saturated heterocycles. The van der Waals surface area contributed by atoms with Gasteiger partial charge in [0.05, 0.1) is 10.9 Å². The van der Waals surface area contributed by atoms with E-state index < -0.39 is 0 Å². The lowest BCUT2D eigenvalue weighted by Crippen LogP contribution is -2.28. The van der Waals surface area contributed by atoms with Crippen molar-refractivity contribution < 1.29 is 14.7 Å². The molecule has 2 N–H and O–H groups in total. The van der Waals surface area contributed by atoms with Crippen LogP contribution in [-0.2, 0) is 0 Å². The van der Waals surface area contributed by atoms with Gasteiger partial charge in [-0.25, -0.2) is 0 Å². The lowest BCUT2D eigenvalue weighted by atomic mass is 10.1. The second-order valence-corrected chi connectivity index (χ2v) is 6.20. The first kappa shape index (κ1) is 14.9. The summed E-state index contributed by atoms with van der Waals surface area (Å²) in [6.07, 6.45) is 0.469. The molecule has 6 heteroatoms. The van der Waals surface area contributed by atoms with Gasteiger partial charge in [-0.05, 0) is 30.9 Å². The number of ketones is 1. The molecule has 1 amide bonds. The average Bonchev–Trinajstić information content (AvgIpc) is 3.09. The van der Waals surface area contributed by atoms with Crippen LogP contribution in [0.15, 0.2) is 29.0 Å². The number of hydrogen-bond donors (Lipinski definition) is 2. The van der Waals surface area contributed by atoms with Gasteiger partial charge in [0.15, 0.2) is 5.78 Å². The Morgan fingerprint density at radius 2 is 2.20 bits per heavy atom. The van der Waals surface area contributed by atoms with Gasteiger partial charge in [-0.1, -0.05) is 6.07 Å². The van der Waals surface area contributed by atoms with Crippen molar-refractivity contribution in [3.63, 3.8) is 0 Å². The van der Waals surface area contributed by atoms with Gasteiger partial charge in [0.25, 0.3) is 5.91 Å². The van der Waals surface area contributed by atoms with E-state index in [9.17, 15) is 9.59 Å². The summed E-state index contributed by atoms with van der Waals surface area (Å²) in [6, 6.07) is 5.25. The highest BCUT2D eigenvalue weighted by atomic mass is 32.1. The molecule has 106 valence electrons. The number of thiophene rings is 2. The van der Waals surface area contributed by atoms with Crippen molar-refractivity contribution in [3.05, 3.63) is 44.3 Å². The van der Waals surface area contributed by atoms with Crippen LogP contribution in [0.2, 0.25) is 0 Å². The topological polar surface area (TPSA) is 66.4 Å². The number of carbonyl (C=O) groups excluding carboxylic acids is 2. The Balaban J connectivity index is 2.09. The van der Waals surface area contributed by atoms with E-state index in [-0.39, 0.29) is 24.3 Å². The van der Waals surface area contributed by atoms with Crippen LogP contribution in [0.25, 0.3) is 0 Å². The normalized spacial score (nSPS) is 12.1. The smallest absolute Gasteiger partial charge is 0.261 e. The molecule has 0 bridgehead atoms. The Kier molecular flexibility index (Phi) is 5.05. The molecule has 0 fully saturated rings. The van der Waals surface area contributed by atoms with E-state index >= 15 is 0 Å². The van der Waals surface area contributed by atoms with Gasteiger partial charge in [0, 0.05) is 22.4 Å². The van der Waals surface area contributed by atoms with Gasteiger partial charge in [-0.3, -0.25) is 9.59 Å². The SMILES string of the molecule is CC(=O)c1csc(C(=O)NC(CCO)c2cccs2)c1. The first-order valence-electron chi connectivity index (χ1n) is 6.16. The lowest BCUT2D eigenvalue weighted by Gasteiger charge is -2.15. The molecular weight excluding hydrogens is 294 g/mol. The summed E-state index contributed by atoms with van der Waals surface area (Å²) in [5, 5.41) is 15.6. The number of aliphatic hydroxyl groups excluding tert-OH is 1. The number of amides is 1. The Morgan fingerprint density at radius 3 is 2.75 bits per heavy atom. The monoisotopic (exact) mass is 309 g/mol. The average molecular weight is 309 g/mol. The molecule has 0 aliphatic carbocycles. The summed E-state index contributed by atoms with van der Waals surface area (Å²) in [4.78, 5) is 24.9. The summed E-state index contributed by atoms with van der Waals surface area (Å²) < 4.78 is 0. The summed E-state index contributed by atoms with van der Waals surface area (Å²) in [5.74, 6) is -0.264. The number of carbonyl (C=O) groups is 2. The van der Waals surface area contributed by atoms with Crippen molar-refractivity contribution in [2.75, 3.05) is 6.61 Å². The number of nitrogens with one attached hydrogen (secondary N) is 1. The number of Topliss-reactive ketones (excluding diaryl/α,β-unsaturated/α-hetero) is 1. The molecular formula is C14H15NO3S2. The predicted molar refractivity (Wildman–Crippen MR) is 80.6 cm³/mol. The Hall–Kier alpha value is -1.50. The molecule has 0 aliphatic heterocycles. The van der Waals surface area contributed by atoms with Crippen LogP contribution in [0.4, 0.5) is 0 Å². The van der Waals surface area contributed by atoms with Crippen LogP contribution in [-0.4, -0.2) is 23.4 Å².